The Hall–Kier alpha value is -1.95. The van der Waals surface area contributed by atoms with E-state index in [1.54, 1.807) is 17.0 Å². The lowest BCUT2D eigenvalue weighted by Crippen LogP contribution is -2.50. The number of hydrogen-bond acceptors (Lipinski definition) is 3. The fourth-order valence-corrected chi connectivity index (χ4v) is 3.49. The Morgan fingerprint density at radius 2 is 1.96 bits per heavy atom. The van der Waals surface area contributed by atoms with Crippen molar-refractivity contribution in [1.82, 2.24) is 10.2 Å². The number of nitrogens with zero attached hydrogens (tertiary/aromatic N) is 1. The summed E-state index contributed by atoms with van der Waals surface area (Å²) in [7, 11) is 0. The van der Waals surface area contributed by atoms with Crippen molar-refractivity contribution in [2.45, 2.75) is 37.1 Å². The number of rotatable bonds is 6. The van der Waals surface area contributed by atoms with Crippen LogP contribution in [0.15, 0.2) is 24.3 Å². The van der Waals surface area contributed by atoms with Crippen LogP contribution in [0.5, 0.6) is 0 Å². The van der Waals surface area contributed by atoms with Crippen LogP contribution in [-0.2, 0) is 15.0 Å². The van der Waals surface area contributed by atoms with Gasteiger partial charge in [0.05, 0.1) is 6.04 Å². The molecule has 0 spiro atoms. The molecule has 1 aromatic rings. The second-order valence-electron chi connectivity index (χ2n) is 7.01. The Bertz CT molecular complexity index is 593. The Morgan fingerprint density at radius 1 is 1.33 bits per heavy atom. The van der Waals surface area contributed by atoms with Gasteiger partial charge in [0.1, 0.15) is 5.82 Å². The van der Waals surface area contributed by atoms with Crippen LogP contribution < -0.4 is 11.1 Å². The molecule has 1 saturated carbocycles. The average molecular weight is 333 g/mol. The summed E-state index contributed by atoms with van der Waals surface area (Å²) in [6, 6.07) is 5.98. The number of benzene rings is 1. The van der Waals surface area contributed by atoms with E-state index in [-0.39, 0.29) is 23.1 Å². The first-order valence-electron chi connectivity index (χ1n) is 8.53. The van der Waals surface area contributed by atoms with Gasteiger partial charge in [0.2, 0.25) is 12.3 Å². The van der Waals surface area contributed by atoms with Gasteiger partial charge in [-0.25, -0.2) is 4.39 Å². The maximum Gasteiger partial charge on any atom is 0.237 e. The van der Waals surface area contributed by atoms with Gasteiger partial charge in [0.25, 0.3) is 0 Å². The molecule has 1 saturated heterocycles. The molecule has 2 fully saturated rings. The highest BCUT2D eigenvalue weighted by Crippen LogP contribution is 2.47. The van der Waals surface area contributed by atoms with Crippen LogP contribution in [0.1, 0.15) is 31.2 Å². The average Bonchev–Trinajstić information content (AvgIpc) is 3.41. The number of hydrogen-bond donors (Lipinski definition) is 2. The number of carbonyl (C=O) groups is 2. The molecule has 3 N–H and O–H groups in total. The molecule has 0 bridgehead atoms. The Morgan fingerprint density at radius 3 is 2.50 bits per heavy atom. The van der Waals surface area contributed by atoms with Gasteiger partial charge in [-0.3, -0.25) is 9.59 Å². The second-order valence-corrected chi connectivity index (χ2v) is 7.01. The van der Waals surface area contributed by atoms with Crippen LogP contribution in [0.25, 0.3) is 0 Å². The summed E-state index contributed by atoms with van der Waals surface area (Å²) in [5.74, 6) is -0.266. The van der Waals surface area contributed by atoms with Gasteiger partial charge in [-0.2, -0.15) is 0 Å². The number of amides is 2. The predicted molar refractivity (Wildman–Crippen MR) is 88.7 cm³/mol. The largest absolute Gasteiger partial charge is 0.354 e. The first-order chi connectivity index (χ1) is 11.5. The minimum Gasteiger partial charge on any atom is -0.354 e. The lowest BCUT2D eigenvalue weighted by molar-refractivity contribution is -0.124. The molecular weight excluding hydrogens is 309 g/mol. The third-order valence-electron chi connectivity index (χ3n) is 5.45. The molecule has 2 aliphatic rings. The molecule has 1 aliphatic carbocycles. The Kier molecular flexibility index (Phi) is 4.85. The molecule has 6 heteroatoms. The summed E-state index contributed by atoms with van der Waals surface area (Å²) >= 11 is 0. The first-order valence-corrected chi connectivity index (χ1v) is 8.53. The molecule has 0 aromatic heterocycles. The van der Waals surface area contributed by atoms with Gasteiger partial charge in [-0.15, -0.1) is 0 Å². The van der Waals surface area contributed by atoms with Crippen molar-refractivity contribution in [2.24, 2.45) is 11.7 Å². The fraction of sp³-hybridized carbons (Fsp3) is 0.556. The van der Waals surface area contributed by atoms with Crippen molar-refractivity contribution in [2.75, 3.05) is 19.6 Å². The van der Waals surface area contributed by atoms with Crippen LogP contribution in [0.3, 0.4) is 0 Å². The van der Waals surface area contributed by atoms with Gasteiger partial charge in [0.15, 0.2) is 0 Å². The molecule has 1 aliphatic heterocycles. The lowest BCUT2D eigenvalue weighted by atomic mass is 9.89. The van der Waals surface area contributed by atoms with E-state index in [4.69, 9.17) is 5.73 Å². The molecule has 1 heterocycles. The van der Waals surface area contributed by atoms with E-state index < -0.39 is 6.04 Å². The summed E-state index contributed by atoms with van der Waals surface area (Å²) in [5.41, 5.74) is 7.12. The third-order valence-corrected chi connectivity index (χ3v) is 5.45. The summed E-state index contributed by atoms with van der Waals surface area (Å²) < 4.78 is 13.1. The van der Waals surface area contributed by atoms with Crippen LogP contribution in [-0.4, -0.2) is 42.9 Å². The number of piperidine rings is 1. The SMILES string of the molecule is NC(C(=O)NCC1(c2ccc(F)cc2)CC1)C1CCN(C=O)CC1. The maximum absolute atomic E-state index is 13.1. The zero-order chi connectivity index (χ0) is 17.2. The zero-order valence-electron chi connectivity index (χ0n) is 13.7. The molecular formula is C18H24FN3O2. The summed E-state index contributed by atoms with van der Waals surface area (Å²) in [4.78, 5) is 24.8. The quantitative estimate of drug-likeness (QED) is 0.768. The summed E-state index contributed by atoms with van der Waals surface area (Å²) in [6.07, 6.45) is 4.35. The Labute approximate surface area is 141 Å². The Balaban J connectivity index is 1.52. The summed E-state index contributed by atoms with van der Waals surface area (Å²) in [5, 5.41) is 2.98. The van der Waals surface area contributed by atoms with E-state index >= 15 is 0 Å². The van der Waals surface area contributed by atoms with Gasteiger partial charge >= 0.3 is 0 Å². The van der Waals surface area contributed by atoms with Gasteiger partial charge < -0.3 is 16.0 Å². The van der Waals surface area contributed by atoms with Crippen molar-refractivity contribution >= 4 is 12.3 Å². The van der Waals surface area contributed by atoms with Crippen molar-refractivity contribution in [3.63, 3.8) is 0 Å². The second kappa shape index (κ2) is 6.89. The van der Waals surface area contributed by atoms with Crippen molar-refractivity contribution < 1.29 is 14.0 Å². The highest BCUT2D eigenvalue weighted by atomic mass is 19.1. The maximum atomic E-state index is 13.1. The van der Waals surface area contributed by atoms with E-state index in [9.17, 15) is 14.0 Å². The molecule has 1 unspecified atom stereocenters. The number of halogens is 1. The van der Waals surface area contributed by atoms with Crippen LogP contribution in [0, 0.1) is 11.7 Å². The highest BCUT2D eigenvalue weighted by molar-refractivity contribution is 5.82. The number of likely N-dealkylation sites (tertiary alicyclic amines) is 1. The minimum atomic E-state index is -0.539. The predicted octanol–water partition coefficient (Wildman–Crippen LogP) is 1.17. The summed E-state index contributed by atoms with van der Waals surface area (Å²) in [6.45, 7) is 1.86. The number of nitrogens with two attached hydrogens (primary N) is 1. The monoisotopic (exact) mass is 333 g/mol. The van der Waals surface area contributed by atoms with Crippen LogP contribution in [0.4, 0.5) is 4.39 Å². The van der Waals surface area contributed by atoms with E-state index in [1.807, 2.05) is 0 Å². The van der Waals surface area contributed by atoms with E-state index in [2.05, 4.69) is 5.32 Å². The highest BCUT2D eigenvalue weighted by Gasteiger charge is 2.44. The van der Waals surface area contributed by atoms with Gasteiger partial charge in [-0.1, -0.05) is 12.1 Å². The first kappa shape index (κ1) is 16.9. The standard InChI is InChI=1S/C18H24FN3O2/c19-15-3-1-14(2-4-15)18(7-8-18)11-21-17(24)16(20)13-5-9-22(12-23)10-6-13/h1-4,12-13,16H,5-11,20H2,(H,21,24). The molecule has 24 heavy (non-hydrogen) atoms. The normalized spacial score (nSPS) is 21.2. The van der Waals surface area contributed by atoms with Crippen molar-refractivity contribution in [3.8, 4) is 0 Å². The molecule has 5 nitrogen and oxygen atoms in total. The molecule has 1 atom stereocenters. The number of carbonyl (C=O) groups excluding carboxylic acids is 2. The molecule has 130 valence electrons. The molecule has 1 aromatic carbocycles. The molecule has 3 rings (SSSR count). The van der Waals surface area contributed by atoms with Crippen LogP contribution in [0.2, 0.25) is 0 Å². The van der Waals surface area contributed by atoms with Gasteiger partial charge in [-0.05, 0) is 49.3 Å². The smallest absolute Gasteiger partial charge is 0.237 e. The van der Waals surface area contributed by atoms with Gasteiger partial charge in [0, 0.05) is 25.0 Å². The molecule has 0 radical (unpaired) electrons. The van der Waals surface area contributed by atoms with E-state index in [0.717, 1.165) is 37.7 Å². The zero-order valence-corrected chi connectivity index (χ0v) is 13.7. The lowest BCUT2D eigenvalue weighted by Gasteiger charge is -2.32. The van der Waals surface area contributed by atoms with Crippen molar-refractivity contribution in [3.05, 3.63) is 35.6 Å². The third kappa shape index (κ3) is 3.59. The minimum absolute atomic E-state index is 0.0655. The molecule has 2 amide bonds. The van der Waals surface area contributed by atoms with E-state index in [1.165, 1.54) is 12.1 Å². The van der Waals surface area contributed by atoms with Crippen LogP contribution >= 0.6 is 0 Å². The topological polar surface area (TPSA) is 75.4 Å². The van der Waals surface area contributed by atoms with Crippen molar-refractivity contribution in [1.29, 1.82) is 0 Å². The van der Waals surface area contributed by atoms with E-state index in [0.29, 0.717) is 19.6 Å². The number of nitrogens with one attached hydrogen (secondary N) is 1. The fourth-order valence-electron chi connectivity index (χ4n) is 3.49.